The number of aliphatic hydroxyl groups is 1. The number of phenolic OH excluding ortho intramolecular Hbond substituents is 1. The molecule has 0 aliphatic carbocycles. The van der Waals surface area contributed by atoms with E-state index in [1.54, 1.807) is 13.8 Å². The van der Waals surface area contributed by atoms with E-state index in [1.165, 1.54) is 0 Å². The zero-order valence-corrected chi connectivity index (χ0v) is 11.3. The Balaban J connectivity index is 0. The van der Waals surface area contributed by atoms with Crippen LogP contribution < -0.4 is 0 Å². The molecule has 0 saturated heterocycles. The Bertz CT molecular complexity index is 401. The molecule has 0 heterocycles. The average Bonchev–Trinajstić information content (AvgIpc) is 2.29. The SMILES string of the molecule is CC(C)O.O=P(O)(F)F.Oc1c(F)c(F)c(F)c(F)c1F. The molecule has 0 aromatic heterocycles. The zero-order valence-electron chi connectivity index (χ0n) is 10.4. The molecule has 0 amide bonds. The second-order valence-electron chi connectivity index (χ2n) is 3.45. The van der Waals surface area contributed by atoms with Gasteiger partial charge in [-0.25, -0.2) is 17.7 Å². The van der Waals surface area contributed by atoms with Crippen LogP contribution in [0.3, 0.4) is 0 Å². The van der Waals surface area contributed by atoms with Gasteiger partial charge in [-0.15, -0.1) is 8.39 Å². The molecule has 1 aromatic rings. The van der Waals surface area contributed by atoms with Gasteiger partial charge in [0, 0.05) is 6.10 Å². The highest BCUT2D eigenvalue weighted by molar-refractivity contribution is 7.46. The number of phenols is 1. The van der Waals surface area contributed by atoms with Gasteiger partial charge in [0.25, 0.3) is 0 Å². The van der Waals surface area contributed by atoms with Gasteiger partial charge in [0.1, 0.15) is 0 Å². The monoisotopic (exact) mass is 346 g/mol. The van der Waals surface area contributed by atoms with Crippen LogP contribution in [0.15, 0.2) is 0 Å². The maximum absolute atomic E-state index is 12.2. The summed E-state index contributed by atoms with van der Waals surface area (Å²) in [6.45, 7) is 3.44. The first-order chi connectivity index (χ1) is 9.20. The van der Waals surface area contributed by atoms with E-state index in [0.717, 1.165) is 0 Å². The summed E-state index contributed by atoms with van der Waals surface area (Å²) in [6, 6.07) is 0. The van der Waals surface area contributed by atoms with E-state index in [1.807, 2.05) is 0 Å². The Morgan fingerprint density at radius 3 is 1.19 bits per heavy atom. The van der Waals surface area contributed by atoms with Crippen LogP contribution in [0, 0.1) is 29.1 Å². The molecule has 4 nitrogen and oxygen atoms in total. The maximum atomic E-state index is 12.2. The molecule has 124 valence electrons. The van der Waals surface area contributed by atoms with Gasteiger partial charge in [0.15, 0.2) is 5.75 Å². The summed E-state index contributed by atoms with van der Waals surface area (Å²) in [7, 11) is -5.64. The van der Waals surface area contributed by atoms with Crippen LogP contribution in [0.4, 0.5) is 30.3 Å². The van der Waals surface area contributed by atoms with Crippen molar-refractivity contribution in [3.8, 4) is 5.75 Å². The van der Waals surface area contributed by atoms with Gasteiger partial charge < -0.3 is 10.2 Å². The lowest BCUT2D eigenvalue weighted by Gasteiger charge is -2.00. The van der Waals surface area contributed by atoms with Crippen LogP contribution in [-0.2, 0) is 4.57 Å². The van der Waals surface area contributed by atoms with E-state index in [0.29, 0.717) is 0 Å². The molecule has 1 rings (SSSR count). The Hall–Kier alpha value is -1.32. The number of benzene rings is 1. The highest BCUT2D eigenvalue weighted by Crippen LogP contribution is 2.43. The molecule has 0 fully saturated rings. The van der Waals surface area contributed by atoms with E-state index in [4.69, 9.17) is 19.7 Å². The van der Waals surface area contributed by atoms with Gasteiger partial charge in [-0.3, -0.25) is 4.89 Å². The molecule has 0 aliphatic heterocycles. The fraction of sp³-hybridized carbons (Fsp3) is 0.333. The normalized spacial score (nSPS) is 10.5. The highest BCUT2D eigenvalue weighted by atomic mass is 31.2. The van der Waals surface area contributed by atoms with Crippen molar-refractivity contribution in [1.82, 2.24) is 0 Å². The van der Waals surface area contributed by atoms with E-state index in [2.05, 4.69) is 0 Å². The second-order valence-corrected chi connectivity index (χ2v) is 4.32. The first-order valence-electron chi connectivity index (χ1n) is 4.80. The van der Waals surface area contributed by atoms with Gasteiger partial charge in [0.05, 0.1) is 0 Å². The number of hydrogen-bond acceptors (Lipinski definition) is 3. The Labute approximate surface area is 114 Å². The second kappa shape index (κ2) is 8.85. The zero-order chi connectivity index (χ0) is 17.5. The van der Waals surface area contributed by atoms with E-state index in [-0.39, 0.29) is 6.10 Å². The van der Waals surface area contributed by atoms with Crippen molar-refractivity contribution in [2.24, 2.45) is 0 Å². The number of aromatic hydroxyl groups is 1. The van der Waals surface area contributed by atoms with Crippen LogP contribution in [0.5, 0.6) is 5.75 Å². The summed E-state index contributed by atoms with van der Waals surface area (Å²) in [4.78, 5) is 6.74. The molecule has 0 saturated carbocycles. The molecule has 21 heavy (non-hydrogen) atoms. The van der Waals surface area contributed by atoms with Crippen molar-refractivity contribution < 1.29 is 50.0 Å². The predicted octanol–water partition coefficient (Wildman–Crippen LogP) is 3.50. The molecule has 3 N–H and O–H groups in total. The van der Waals surface area contributed by atoms with Gasteiger partial charge in [-0.05, 0) is 13.8 Å². The van der Waals surface area contributed by atoms with Crippen LogP contribution in [0.25, 0.3) is 0 Å². The first-order valence-corrected chi connectivity index (χ1v) is 6.24. The number of rotatable bonds is 0. The molecule has 0 spiro atoms. The van der Waals surface area contributed by atoms with Gasteiger partial charge >= 0.3 is 7.99 Å². The lowest BCUT2D eigenvalue weighted by atomic mass is 10.3. The van der Waals surface area contributed by atoms with Crippen molar-refractivity contribution in [2.45, 2.75) is 20.0 Å². The summed E-state index contributed by atoms with van der Waals surface area (Å²) in [5, 5.41) is 16.4. The Morgan fingerprint density at radius 2 is 1.00 bits per heavy atom. The quantitative estimate of drug-likeness (QED) is 0.291. The Morgan fingerprint density at radius 1 is 0.857 bits per heavy atom. The minimum atomic E-state index is -5.64. The van der Waals surface area contributed by atoms with Crippen molar-refractivity contribution in [1.29, 1.82) is 0 Å². The van der Waals surface area contributed by atoms with Gasteiger partial charge in [0.2, 0.25) is 29.1 Å². The van der Waals surface area contributed by atoms with E-state index in [9.17, 15) is 30.3 Å². The summed E-state index contributed by atoms with van der Waals surface area (Å²) in [5.74, 6) is -12.9. The van der Waals surface area contributed by atoms with Crippen molar-refractivity contribution >= 4 is 7.99 Å². The fourth-order valence-electron chi connectivity index (χ4n) is 0.593. The predicted molar refractivity (Wildman–Crippen MR) is 57.3 cm³/mol. The fourth-order valence-corrected chi connectivity index (χ4v) is 0.593. The van der Waals surface area contributed by atoms with E-state index >= 15 is 0 Å². The summed E-state index contributed by atoms with van der Waals surface area (Å²) >= 11 is 0. The third-order valence-electron chi connectivity index (χ3n) is 1.19. The third-order valence-corrected chi connectivity index (χ3v) is 1.19. The molecular formula is C9H10F7O4P. The minimum Gasteiger partial charge on any atom is -0.503 e. The third kappa shape index (κ3) is 10.1. The molecule has 0 aliphatic rings. The maximum Gasteiger partial charge on any atom is 0.549 e. The molecule has 0 unspecified atom stereocenters. The molecule has 0 bridgehead atoms. The van der Waals surface area contributed by atoms with Gasteiger partial charge in [-0.2, -0.15) is 8.78 Å². The van der Waals surface area contributed by atoms with Crippen molar-refractivity contribution in [3.63, 3.8) is 0 Å². The molecule has 0 radical (unpaired) electrons. The number of halogens is 7. The highest BCUT2D eigenvalue weighted by Gasteiger charge is 2.24. The molecule has 12 heteroatoms. The number of aliphatic hydroxyl groups excluding tert-OH is 1. The largest absolute Gasteiger partial charge is 0.549 e. The van der Waals surface area contributed by atoms with Crippen LogP contribution in [-0.4, -0.2) is 21.2 Å². The topological polar surface area (TPSA) is 77.8 Å². The lowest BCUT2D eigenvalue weighted by molar-refractivity contribution is 0.216. The standard InChI is InChI=1S/C6HF5O.C3H8O.F2HO2P/c7-1-2(8)4(10)6(12)5(11)3(1)9;1-3(2)4;1-5(2,3)4/h12H;3-4H,1-2H3;(H,3,4). The lowest BCUT2D eigenvalue weighted by Crippen LogP contribution is -2.00. The minimum absolute atomic E-state index is 0.167. The summed E-state index contributed by atoms with van der Waals surface area (Å²) in [6.07, 6.45) is -0.167. The molecule has 0 atom stereocenters. The number of hydrogen-bond donors (Lipinski definition) is 3. The summed E-state index contributed by atoms with van der Waals surface area (Å²) in [5.41, 5.74) is 0. The van der Waals surface area contributed by atoms with Crippen LogP contribution >= 0.6 is 7.99 Å². The van der Waals surface area contributed by atoms with Gasteiger partial charge in [-0.1, -0.05) is 0 Å². The first kappa shape index (κ1) is 22.0. The van der Waals surface area contributed by atoms with E-state index < -0.39 is 42.8 Å². The molecule has 1 aromatic carbocycles. The molecular weight excluding hydrogens is 336 g/mol. The van der Waals surface area contributed by atoms with Crippen LogP contribution in [0.2, 0.25) is 0 Å². The van der Waals surface area contributed by atoms with Crippen LogP contribution in [0.1, 0.15) is 13.8 Å². The Kier molecular flexibility index (Phi) is 9.26. The summed E-state index contributed by atoms with van der Waals surface area (Å²) < 4.78 is 89.3. The van der Waals surface area contributed by atoms with Crippen molar-refractivity contribution in [3.05, 3.63) is 29.1 Å². The smallest absolute Gasteiger partial charge is 0.503 e. The van der Waals surface area contributed by atoms with Crippen molar-refractivity contribution in [2.75, 3.05) is 0 Å². The average molecular weight is 346 g/mol.